The molecule has 2 aromatic rings. The second kappa shape index (κ2) is 6.43. The van der Waals surface area contributed by atoms with E-state index in [2.05, 4.69) is 10.4 Å². The van der Waals surface area contributed by atoms with Crippen molar-refractivity contribution in [3.05, 3.63) is 57.5 Å². The van der Waals surface area contributed by atoms with E-state index in [-0.39, 0.29) is 23.2 Å². The van der Waals surface area contributed by atoms with Crippen LogP contribution in [0.25, 0.3) is 0 Å². The lowest BCUT2D eigenvalue weighted by Crippen LogP contribution is -2.30. The Labute approximate surface area is 128 Å². The first-order valence-electron chi connectivity index (χ1n) is 6.92. The van der Waals surface area contributed by atoms with Crippen LogP contribution in [0.5, 0.6) is 5.75 Å². The molecule has 0 bridgehead atoms. The molecule has 6 heteroatoms. The summed E-state index contributed by atoms with van der Waals surface area (Å²) in [6.45, 7) is 3.85. The summed E-state index contributed by atoms with van der Waals surface area (Å²) >= 11 is 0. The summed E-state index contributed by atoms with van der Waals surface area (Å²) in [5.74, 6) is 0.374. The van der Waals surface area contributed by atoms with Crippen LogP contribution in [-0.2, 0) is 7.05 Å². The first kappa shape index (κ1) is 15.8. The Morgan fingerprint density at radius 1 is 1.32 bits per heavy atom. The van der Waals surface area contributed by atoms with E-state index in [1.807, 2.05) is 32.0 Å². The standard InChI is InChI=1S/C16H19N3O3/c1-10-5-7-14(22-4)12(9-10)11(2)17-16(21)13-6-8-15(20)19(3)18-13/h5-9,11H,1-4H3,(H,17,21)/t11-/m1/s1. The predicted octanol–water partition coefficient (Wildman–Crippen LogP) is 1.59. The summed E-state index contributed by atoms with van der Waals surface area (Å²) in [7, 11) is 3.10. The van der Waals surface area contributed by atoms with Crippen molar-refractivity contribution in [3.8, 4) is 5.75 Å². The van der Waals surface area contributed by atoms with Crippen molar-refractivity contribution in [2.75, 3.05) is 7.11 Å². The Bertz CT molecular complexity index is 753. The van der Waals surface area contributed by atoms with E-state index in [0.29, 0.717) is 5.75 Å². The molecule has 0 spiro atoms. The number of nitrogens with zero attached hydrogens (tertiary/aromatic N) is 2. The van der Waals surface area contributed by atoms with Crippen LogP contribution in [0, 0.1) is 6.92 Å². The molecule has 0 unspecified atom stereocenters. The van der Waals surface area contributed by atoms with Crippen LogP contribution < -0.4 is 15.6 Å². The van der Waals surface area contributed by atoms with Crippen molar-refractivity contribution in [3.63, 3.8) is 0 Å². The van der Waals surface area contributed by atoms with Gasteiger partial charge in [-0.1, -0.05) is 17.7 Å². The normalized spacial score (nSPS) is 11.8. The number of hydrogen-bond donors (Lipinski definition) is 1. The number of rotatable bonds is 4. The zero-order valence-electron chi connectivity index (χ0n) is 13.1. The molecule has 1 atom stereocenters. The van der Waals surface area contributed by atoms with E-state index in [4.69, 9.17) is 4.74 Å². The summed E-state index contributed by atoms with van der Waals surface area (Å²) < 4.78 is 6.46. The van der Waals surface area contributed by atoms with Gasteiger partial charge in [0, 0.05) is 18.7 Å². The molecule has 116 valence electrons. The van der Waals surface area contributed by atoms with Gasteiger partial charge in [-0.25, -0.2) is 4.68 Å². The minimum atomic E-state index is -0.341. The predicted molar refractivity (Wildman–Crippen MR) is 83.1 cm³/mol. The van der Waals surface area contributed by atoms with Gasteiger partial charge in [0.2, 0.25) is 0 Å². The molecule has 0 saturated heterocycles. The average molecular weight is 301 g/mol. The van der Waals surface area contributed by atoms with Crippen LogP contribution in [0.3, 0.4) is 0 Å². The van der Waals surface area contributed by atoms with Gasteiger partial charge in [-0.15, -0.1) is 0 Å². The molecule has 1 N–H and O–H groups in total. The fraction of sp³-hybridized carbons (Fsp3) is 0.312. The monoisotopic (exact) mass is 301 g/mol. The van der Waals surface area contributed by atoms with E-state index in [1.54, 1.807) is 7.11 Å². The highest BCUT2D eigenvalue weighted by Gasteiger charge is 2.16. The lowest BCUT2D eigenvalue weighted by atomic mass is 10.0. The molecule has 1 aromatic heterocycles. The average Bonchev–Trinajstić information content (AvgIpc) is 2.49. The third kappa shape index (κ3) is 3.33. The SMILES string of the molecule is COc1ccc(C)cc1[C@@H](C)NC(=O)c1ccc(=O)n(C)n1. The molecule has 0 aliphatic rings. The molecule has 0 radical (unpaired) electrons. The molecule has 1 heterocycles. The summed E-state index contributed by atoms with van der Waals surface area (Å²) in [4.78, 5) is 23.6. The van der Waals surface area contributed by atoms with E-state index in [9.17, 15) is 9.59 Å². The maximum absolute atomic E-state index is 12.2. The lowest BCUT2D eigenvalue weighted by Gasteiger charge is -2.17. The fourth-order valence-corrected chi connectivity index (χ4v) is 2.16. The smallest absolute Gasteiger partial charge is 0.272 e. The van der Waals surface area contributed by atoms with Gasteiger partial charge in [-0.2, -0.15) is 5.10 Å². The van der Waals surface area contributed by atoms with Crippen LogP contribution >= 0.6 is 0 Å². The Balaban J connectivity index is 2.22. The number of benzene rings is 1. The zero-order valence-corrected chi connectivity index (χ0v) is 13.1. The second-order valence-corrected chi connectivity index (χ2v) is 5.12. The van der Waals surface area contributed by atoms with Crippen LogP contribution in [0.2, 0.25) is 0 Å². The number of amides is 1. The van der Waals surface area contributed by atoms with E-state index >= 15 is 0 Å². The first-order valence-corrected chi connectivity index (χ1v) is 6.92. The second-order valence-electron chi connectivity index (χ2n) is 5.12. The molecule has 1 aromatic carbocycles. The van der Waals surface area contributed by atoms with Gasteiger partial charge >= 0.3 is 0 Å². The first-order chi connectivity index (χ1) is 10.4. The topological polar surface area (TPSA) is 73.2 Å². The third-order valence-electron chi connectivity index (χ3n) is 3.39. The van der Waals surface area contributed by atoms with Gasteiger partial charge in [-0.05, 0) is 26.0 Å². The zero-order chi connectivity index (χ0) is 16.3. The van der Waals surface area contributed by atoms with Crippen molar-refractivity contribution in [1.82, 2.24) is 15.1 Å². The molecule has 0 saturated carbocycles. The number of aromatic nitrogens is 2. The number of nitrogens with one attached hydrogen (secondary N) is 1. The van der Waals surface area contributed by atoms with E-state index in [1.165, 1.54) is 19.2 Å². The van der Waals surface area contributed by atoms with Gasteiger partial charge in [0.05, 0.1) is 13.2 Å². The summed E-state index contributed by atoms with van der Waals surface area (Å²) in [6, 6.07) is 8.28. The number of methoxy groups -OCH3 is 1. The quantitative estimate of drug-likeness (QED) is 0.930. The number of ether oxygens (including phenoxy) is 1. The van der Waals surface area contributed by atoms with Crippen LogP contribution in [0.15, 0.2) is 35.1 Å². The van der Waals surface area contributed by atoms with Crippen LogP contribution in [0.1, 0.15) is 34.6 Å². The fourth-order valence-electron chi connectivity index (χ4n) is 2.16. The van der Waals surface area contributed by atoms with Gasteiger partial charge < -0.3 is 10.1 Å². The van der Waals surface area contributed by atoms with Crippen LogP contribution in [0.4, 0.5) is 0 Å². The highest BCUT2D eigenvalue weighted by molar-refractivity contribution is 5.92. The summed E-state index contributed by atoms with van der Waals surface area (Å²) in [6.07, 6.45) is 0. The molecule has 0 aliphatic heterocycles. The number of carbonyl (C=O) groups is 1. The maximum Gasteiger partial charge on any atom is 0.272 e. The molecule has 0 fully saturated rings. The molecule has 6 nitrogen and oxygen atoms in total. The van der Waals surface area contributed by atoms with Crippen molar-refractivity contribution in [2.45, 2.75) is 19.9 Å². The van der Waals surface area contributed by atoms with Crippen molar-refractivity contribution < 1.29 is 9.53 Å². The molecule has 1 amide bonds. The van der Waals surface area contributed by atoms with Crippen molar-refractivity contribution >= 4 is 5.91 Å². The summed E-state index contributed by atoms with van der Waals surface area (Å²) in [5, 5.41) is 6.80. The number of aryl methyl sites for hydroxylation is 2. The Kier molecular flexibility index (Phi) is 4.60. The Hall–Kier alpha value is -2.63. The Morgan fingerprint density at radius 3 is 2.68 bits per heavy atom. The minimum Gasteiger partial charge on any atom is -0.496 e. The van der Waals surface area contributed by atoms with Gasteiger partial charge in [0.25, 0.3) is 11.5 Å². The minimum absolute atomic E-state index is 0.195. The van der Waals surface area contributed by atoms with E-state index in [0.717, 1.165) is 15.8 Å². The largest absolute Gasteiger partial charge is 0.496 e. The number of hydrogen-bond acceptors (Lipinski definition) is 4. The Morgan fingerprint density at radius 2 is 2.05 bits per heavy atom. The van der Waals surface area contributed by atoms with E-state index < -0.39 is 0 Å². The van der Waals surface area contributed by atoms with Gasteiger partial charge in [-0.3, -0.25) is 9.59 Å². The summed E-state index contributed by atoms with van der Waals surface area (Å²) in [5.41, 5.74) is 1.91. The van der Waals surface area contributed by atoms with Gasteiger partial charge in [0.15, 0.2) is 0 Å². The van der Waals surface area contributed by atoms with Crippen molar-refractivity contribution in [1.29, 1.82) is 0 Å². The van der Waals surface area contributed by atoms with Crippen LogP contribution in [-0.4, -0.2) is 22.8 Å². The molecular weight excluding hydrogens is 282 g/mol. The highest BCUT2D eigenvalue weighted by atomic mass is 16.5. The van der Waals surface area contributed by atoms with Gasteiger partial charge in [0.1, 0.15) is 11.4 Å². The molecular formula is C16H19N3O3. The number of carbonyl (C=O) groups excluding carboxylic acids is 1. The highest BCUT2D eigenvalue weighted by Crippen LogP contribution is 2.26. The molecule has 22 heavy (non-hydrogen) atoms. The molecule has 0 aliphatic carbocycles. The lowest BCUT2D eigenvalue weighted by molar-refractivity contribution is 0.0932. The maximum atomic E-state index is 12.2. The molecule has 2 rings (SSSR count). The van der Waals surface area contributed by atoms with Crippen molar-refractivity contribution in [2.24, 2.45) is 7.05 Å². The third-order valence-corrected chi connectivity index (χ3v) is 3.39.